The van der Waals surface area contributed by atoms with Crippen LogP contribution >= 0.6 is 15.9 Å². The summed E-state index contributed by atoms with van der Waals surface area (Å²) >= 11 is 3.40. The SMILES string of the molecule is O=c1[nH]c(CN2C[C@@H](O)[C@@H](O)C2)nc2c1oc1ccc(Br)cc12. The molecule has 1 fully saturated rings. The third-order valence-electron chi connectivity index (χ3n) is 4.04. The summed E-state index contributed by atoms with van der Waals surface area (Å²) in [7, 11) is 0. The molecule has 23 heavy (non-hydrogen) atoms. The molecule has 120 valence electrons. The molecule has 1 aliphatic rings. The number of aliphatic hydroxyl groups excluding tert-OH is 2. The van der Waals surface area contributed by atoms with Gasteiger partial charge < -0.3 is 19.6 Å². The summed E-state index contributed by atoms with van der Waals surface area (Å²) < 4.78 is 6.45. The lowest BCUT2D eigenvalue weighted by Gasteiger charge is -2.13. The number of nitrogens with zero attached hydrogens (tertiary/aromatic N) is 2. The fourth-order valence-electron chi connectivity index (χ4n) is 2.94. The van der Waals surface area contributed by atoms with Crippen molar-refractivity contribution >= 4 is 38.0 Å². The zero-order valence-electron chi connectivity index (χ0n) is 12.0. The number of nitrogens with one attached hydrogen (secondary N) is 1. The van der Waals surface area contributed by atoms with Crippen LogP contribution in [-0.2, 0) is 6.54 Å². The van der Waals surface area contributed by atoms with Gasteiger partial charge in [0.15, 0.2) is 0 Å². The number of H-pyrrole nitrogens is 1. The minimum atomic E-state index is -0.767. The molecular formula is C15H14BrN3O4. The van der Waals surface area contributed by atoms with Gasteiger partial charge in [-0.2, -0.15) is 0 Å². The van der Waals surface area contributed by atoms with Crippen molar-refractivity contribution in [3.63, 3.8) is 0 Å². The van der Waals surface area contributed by atoms with E-state index in [1.54, 1.807) is 6.07 Å². The van der Waals surface area contributed by atoms with Crippen LogP contribution in [0, 0.1) is 0 Å². The summed E-state index contributed by atoms with van der Waals surface area (Å²) in [4.78, 5) is 21.3. The number of fused-ring (bicyclic) bond motifs is 3. The highest BCUT2D eigenvalue weighted by atomic mass is 79.9. The number of aromatic nitrogens is 2. The number of aliphatic hydroxyl groups is 2. The van der Waals surface area contributed by atoms with E-state index in [4.69, 9.17) is 4.42 Å². The predicted molar refractivity (Wildman–Crippen MR) is 87.1 cm³/mol. The Labute approximate surface area is 138 Å². The summed E-state index contributed by atoms with van der Waals surface area (Å²) in [5.74, 6) is 0.478. The van der Waals surface area contributed by atoms with Crippen molar-refractivity contribution in [2.45, 2.75) is 18.8 Å². The van der Waals surface area contributed by atoms with Crippen LogP contribution in [0.4, 0.5) is 0 Å². The van der Waals surface area contributed by atoms with Crippen molar-refractivity contribution < 1.29 is 14.6 Å². The number of likely N-dealkylation sites (tertiary alicyclic amines) is 1. The van der Waals surface area contributed by atoms with Gasteiger partial charge in [-0.15, -0.1) is 0 Å². The molecule has 0 unspecified atom stereocenters. The van der Waals surface area contributed by atoms with E-state index >= 15 is 0 Å². The number of halogens is 1. The van der Waals surface area contributed by atoms with E-state index < -0.39 is 12.2 Å². The molecule has 3 N–H and O–H groups in total. The number of aromatic amines is 1. The van der Waals surface area contributed by atoms with Gasteiger partial charge in [0.05, 0.1) is 18.8 Å². The van der Waals surface area contributed by atoms with E-state index in [2.05, 4.69) is 25.9 Å². The van der Waals surface area contributed by atoms with Crippen LogP contribution in [-0.4, -0.2) is 50.4 Å². The highest BCUT2D eigenvalue weighted by Crippen LogP contribution is 2.28. The molecule has 0 spiro atoms. The second-order valence-electron chi connectivity index (χ2n) is 5.76. The molecule has 0 bridgehead atoms. The van der Waals surface area contributed by atoms with Crippen LogP contribution in [0.3, 0.4) is 0 Å². The van der Waals surface area contributed by atoms with E-state index in [1.807, 2.05) is 17.0 Å². The average molecular weight is 380 g/mol. The lowest BCUT2D eigenvalue weighted by molar-refractivity contribution is 0.0572. The fourth-order valence-corrected chi connectivity index (χ4v) is 3.30. The van der Waals surface area contributed by atoms with E-state index in [0.29, 0.717) is 36.6 Å². The molecule has 0 saturated carbocycles. The Morgan fingerprint density at radius 1 is 1.35 bits per heavy atom. The van der Waals surface area contributed by atoms with Gasteiger partial charge in [-0.1, -0.05) is 15.9 Å². The summed E-state index contributed by atoms with van der Waals surface area (Å²) in [5, 5.41) is 20.0. The number of hydrogen-bond donors (Lipinski definition) is 3. The van der Waals surface area contributed by atoms with Crippen molar-refractivity contribution in [1.29, 1.82) is 0 Å². The predicted octanol–water partition coefficient (Wildman–Crippen LogP) is 0.969. The van der Waals surface area contributed by atoms with Crippen molar-refractivity contribution in [2.75, 3.05) is 13.1 Å². The van der Waals surface area contributed by atoms with Crippen LogP contribution < -0.4 is 5.56 Å². The highest BCUT2D eigenvalue weighted by molar-refractivity contribution is 9.10. The van der Waals surface area contributed by atoms with Gasteiger partial charge in [0, 0.05) is 22.9 Å². The quantitative estimate of drug-likeness (QED) is 0.612. The second-order valence-corrected chi connectivity index (χ2v) is 6.68. The first-order valence-electron chi connectivity index (χ1n) is 7.21. The minimum Gasteiger partial charge on any atom is -0.449 e. The van der Waals surface area contributed by atoms with E-state index in [0.717, 1.165) is 9.86 Å². The Hall–Kier alpha value is -1.74. The molecule has 1 aromatic carbocycles. The first kappa shape index (κ1) is 14.8. The molecule has 1 aliphatic heterocycles. The first-order valence-corrected chi connectivity index (χ1v) is 8.00. The molecule has 8 heteroatoms. The van der Waals surface area contributed by atoms with Gasteiger partial charge in [-0.3, -0.25) is 9.69 Å². The van der Waals surface area contributed by atoms with Crippen LogP contribution in [0.2, 0.25) is 0 Å². The zero-order chi connectivity index (χ0) is 16.1. The van der Waals surface area contributed by atoms with E-state index in [-0.39, 0.29) is 11.1 Å². The number of rotatable bonds is 2. The molecule has 2 aromatic heterocycles. The third kappa shape index (κ3) is 2.57. The average Bonchev–Trinajstić information content (AvgIpc) is 3.00. The van der Waals surface area contributed by atoms with Crippen molar-refractivity contribution in [3.8, 4) is 0 Å². The topological polar surface area (TPSA) is 103 Å². The molecule has 3 aromatic rings. The number of furan rings is 1. The van der Waals surface area contributed by atoms with Gasteiger partial charge in [-0.05, 0) is 18.2 Å². The summed E-state index contributed by atoms with van der Waals surface area (Å²) in [6.45, 7) is 1.04. The third-order valence-corrected chi connectivity index (χ3v) is 4.54. The van der Waals surface area contributed by atoms with Gasteiger partial charge in [0.1, 0.15) is 16.9 Å². The summed E-state index contributed by atoms with van der Waals surface area (Å²) in [5.41, 5.74) is 0.978. The maximum atomic E-state index is 12.2. The molecule has 1 saturated heterocycles. The van der Waals surface area contributed by atoms with Crippen molar-refractivity contribution in [2.24, 2.45) is 0 Å². The van der Waals surface area contributed by atoms with Crippen LogP contribution in [0.15, 0.2) is 31.9 Å². The maximum Gasteiger partial charge on any atom is 0.294 e. The lowest BCUT2D eigenvalue weighted by atomic mass is 10.2. The Morgan fingerprint density at radius 2 is 2.09 bits per heavy atom. The molecule has 3 heterocycles. The Kier molecular flexibility index (Phi) is 3.49. The van der Waals surface area contributed by atoms with E-state index in [9.17, 15) is 15.0 Å². The Balaban J connectivity index is 1.78. The standard InChI is InChI=1S/C15H14BrN3O4/c16-7-1-2-11-8(3-7)13-14(23-11)15(22)18-12(17-13)6-19-4-9(20)10(21)5-19/h1-3,9-10,20-21H,4-6H2,(H,17,18,22)/t9-,10+. The molecule has 7 nitrogen and oxygen atoms in total. The monoisotopic (exact) mass is 379 g/mol. The fraction of sp³-hybridized carbons (Fsp3) is 0.333. The number of hydrogen-bond acceptors (Lipinski definition) is 6. The highest BCUT2D eigenvalue weighted by Gasteiger charge is 2.30. The Bertz CT molecular complexity index is 941. The van der Waals surface area contributed by atoms with Gasteiger partial charge >= 0.3 is 0 Å². The zero-order valence-corrected chi connectivity index (χ0v) is 13.6. The largest absolute Gasteiger partial charge is 0.449 e. The number of benzene rings is 1. The Morgan fingerprint density at radius 3 is 2.83 bits per heavy atom. The molecule has 0 amide bonds. The second kappa shape index (κ2) is 5.41. The molecule has 4 rings (SSSR count). The van der Waals surface area contributed by atoms with Gasteiger partial charge in [-0.25, -0.2) is 4.98 Å². The van der Waals surface area contributed by atoms with Crippen LogP contribution in [0.1, 0.15) is 5.82 Å². The smallest absolute Gasteiger partial charge is 0.294 e. The first-order chi connectivity index (χ1) is 11.0. The van der Waals surface area contributed by atoms with Crippen molar-refractivity contribution in [3.05, 3.63) is 38.9 Å². The van der Waals surface area contributed by atoms with Crippen LogP contribution in [0.5, 0.6) is 0 Å². The maximum absolute atomic E-state index is 12.2. The van der Waals surface area contributed by atoms with Crippen molar-refractivity contribution in [1.82, 2.24) is 14.9 Å². The van der Waals surface area contributed by atoms with Gasteiger partial charge in [0.25, 0.3) is 5.56 Å². The summed E-state index contributed by atoms with van der Waals surface area (Å²) in [6, 6.07) is 5.49. The summed E-state index contributed by atoms with van der Waals surface area (Å²) in [6.07, 6.45) is -1.53. The normalized spacial score (nSPS) is 22.4. The number of β-amino-alcohol motifs (C(OH)–C–C–N with tert-alkyl or cyclic N) is 2. The van der Waals surface area contributed by atoms with Crippen LogP contribution in [0.25, 0.3) is 22.1 Å². The lowest BCUT2D eigenvalue weighted by Crippen LogP contribution is -2.24. The van der Waals surface area contributed by atoms with Gasteiger partial charge in [0.2, 0.25) is 5.58 Å². The van der Waals surface area contributed by atoms with E-state index in [1.165, 1.54) is 0 Å². The molecule has 0 aliphatic carbocycles. The molecule has 2 atom stereocenters. The molecule has 0 radical (unpaired) electrons. The molecular weight excluding hydrogens is 366 g/mol. The minimum absolute atomic E-state index is 0.198.